The number of nitriles is 1. The lowest BCUT2D eigenvalue weighted by Crippen LogP contribution is -2.36. The van der Waals surface area contributed by atoms with Crippen molar-refractivity contribution in [3.8, 4) is 28.7 Å². The van der Waals surface area contributed by atoms with Crippen molar-refractivity contribution < 1.29 is 24.2 Å². The van der Waals surface area contributed by atoms with E-state index in [4.69, 9.17) is 14.4 Å². The molecular weight excluding hydrogens is 648 g/mol. The van der Waals surface area contributed by atoms with Crippen LogP contribution in [0.2, 0.25) is 0 Å². The van der Waals surface area contributed by atoms with Crippen LogP contribution in [0.3, 0.4) is 0 Å². The summed E-state index contributed by atoms with van der Waals surface area (Å²) in [5.74, 6) is -0.792. The Labute approximate surface area is 295 Å². The van der Waals surface area contributed by atoms with Crippen LogP contribution in [-0.4, -0.2) is 83.7 Å². The summed E-state index contributed by atoms with van der Waals surface area (Å²) in [5.41, 5.74) is 8.84. The molecule has 51 heavy (non-hydrogen) atoms. The Balaban J connectivity index is 1.14. The van der Waals surface area contributed by atoms with Crippen LogP contribution in [0.4, 0.5) is 5.69 Å². The summed E-state index contributed by atoms with van der Waals surface area (Å²) in [6.07, 6.45) is 4.39. The van der Waals surface area contributed by atoms with E-state index in [1.165, 1.54) is 0 Å². The number of carboxylic acid groups (broad SMARTS) is 1. The lowest BCUT2D eigenvalue weighted by atomic mass is 9.95. The number of hydrogen-bond donors (Lipinski definition) is 3. The summed E-state index contributed by atoms with van der Waals surface area (Å²) in [5, 5.41) is 32.3. The highest BCUT2D eigenvalue weighted by molar-refractivity contribution is 6.03. The second kappa shape index (κ2) is 13.7. The zero-order chi connectivity index (χ0) is 36.0. The van der Waals surface area contributed by atoms with E-state index in [1.54, 1.807) is 25.4 Å². The van der Waals surface area contributed by atoms with Gasteiger partial charge in [-0.15, -0.1) is 0 Å². The maximum atomic E-state index is 13.6. The van der Waals surface area contributed by atoms with Crippen LogP contribution in [0, 0.1) is 31.1 Å². The smallest absolute Gasteiger partial charge is 0.307 e. The van der Waals surface area contributed by atoms with Crippen LogP contribution in [0.5, 0.6) is 0 Å². The Bertz CT molecular complexity index is 2210. The summed E-state index contributed by atoms with van der Waals surface area (Å²) in [7, 11) is 1.87. The van der Waals surface area contributed by atoms with Crippen molar-refractivity contribution in [3.05, 3.63) is 82.2 Å². The number of likely N-dealkylation sites (tertiary alicyclic amines) is 1. The molecule has 2 aliphatic heterocycles. The summed E-state index contributed by atoms with van der Waals surface area (Å²) >= 11 is 0. The van der Waals surface area contributed by atoms with E-state index in [2.05, 4.69) is 26.2 Å². The average Bonchev–Trinajstić information content (AvgIpc) is 3.83. The number of benzene rings is 2. The van der Waals surface area contributed by atoms with Crippen molar-refractivity contribution in [1.29, 1.82) is 5.26 Å². The molecule has 2 aliphatic rings. The fraction of sp³-hybridized carbons (Fsp3) is 0.368. The number of fused-ring (bicyclic) bond motifs is 2. The number of carboxylic acids is 1. The Morgan fingerprint density at radius 2 is 1.90 bits per heavy atom. The Hall–Kier alpha value is -5.42. The molecule has 0 radical (unpaired) electrons. The monoisotopic (exact) mass is 688 g/mol. The topological polar surface area (TPSA) is 174 Å². The molecule has 2 aromatic carbocycles. The van der Waals surface area contributed by atoms with Gasteiger partial charge in [0.1, 0.15) is 11.6 Å². The molecule has 1 saturated heterocycles. The maximum Gasteiger partial charge on any atom is 0.307 e. The molecule has 13 nitrogen and oxygen atoms in total. The molecular formula is C38H40N8O5. The van der Waals surface area contributed by atoms with Gasteiger partial charge in [0, 0.05) is 75.5 Å². The second-order valence-electron chi connectivity index (χ2n) is 13.7. The number of aromatic nitrogens is 4. The number of β-amino-alcohol motifs (C(OH)–C–C–N with tert-alkyl or cyclic N) is 1. The predicted octanol–water partition coefficient (Wildman–Crippen LogP) is 4.68. The van der Waals surface area contributed by atoms with Gasteiger partial charge in [0.2, 0.25) is 5.89 Å². The lowest BCUT2D eigenvalue weighted by Gasteiger charge is -2.27. The molecule has 0 aliphatic carbocycles. The first-order chi connectivity index (χ1) is 24.5. The second-order valence-corrected chi connectivity index (χ2v) is 13.7. The SMILES string of the molecule is Cc1c(NC(=O)c2nc3c(n2C)CCN(C[C@H](C)O)C3)cccc1-c1cncc(-c2nc3cc(CN4CCC(C(=O)O)C4)cc(C#N)c3o2)c1C. The maximum absolute atomic E-state index is 13.6. The fourth-order valence-electron chi connectivity index (χ4n) is 7.38. The van der Waals surface area contributed by atoms with E-state index < -0.39 is 12.1 Å². The van der Waals surface area contributed by atoms with Crippen LogP contribution in [0.1, 0.15) is 57.6 Å². The number of carbonyl (C=O) groups is 2. The van der Waals surface area contributed by atoms with Crippen molar-refractivity contribution in [3.63, 3.8) is 0 Å². The van der Waals surface area contributed by atoms with Gasteiger partial charge < -0.3 is 24.5 Å². The quantitative estimate of drug-likeness (QED) is 0.196. The standard InChI is InChI=1S/C38H40N8O5/c1-21(47)17-45-11-9-33-32(20-45)41-35(44(33)4)36(48)42-30-7-5-6-27(23(30)3)28-15-40-16-29(22(28)2)37-43-31-13-24(12-26(14-39)34(31)51-37)18-46-10-8-25(19-46)38(49)50/h5-7,12-13,15-16,21,25,47H,8-11,17-20H2,1-4H3,(H,42,48)(H,49,50)/t21-,25?/m0/s1. The summed E-state index contributed by atoms with van der Waals surface area (Å²) in [6.45, 7) is 9.30. The number of amides is 1. The van der Waals surface area contributed by atoms with Crippen LogP contribution >= 0.6 is 0 Å². The number of anilines is 1. The molecule has 5 aromatic rings. The minimum absolute atomic E-state index is 0.302. The van der Waals surface area contributed by atoms with Crippen molar-refractivity contribution in [1.82, 2.24) is 29.3 Å². The van der Waals surface area contributed by atoms with Gasteiger partial charge in [-0.2, -0.15) is 5.26 Å². The number of rotatable bonds is 9. The van der Waals surface area contributed by atoms with Gasteiger partial charge >= 0.3 is 5.97 Å². The van der Waals surface area contributed by atoms with Crippen molar-refractivity contribution in [2.45, 2.75) is 52.8 Å². The molecule has 3 N–H and O–H groups in total. The molecule has 2 atom stereocenters. The van der Waals surface area contributed by atoms with Crippen molar-refractivity contribution in [2.75, 3.05) is 31.5 Å². The molecule has 5 heterocycles. The molecule has 1 fully saturated rings. The number of aliphatic carboxylic acids is 1. The van der Waals surface area contributed by atoms with Gasteiger partial charge in [-0.3, -0.25) is 24.4 Å². The average molecular weight is 689 g/mol. The first kappa shape index (κ1) is 34.0. The Morgan fingerprint density at radius 3 is 2.65 bits per heavy atom. The van der Waals surface area contributed by atoms with E-state index in [1.807, 2.05) is 49.7 Å². The highest BCUT2D eigenvalue weighted by Crippen LogP contribution is 2.36. The number of oxazole rings is 1. The van der Waals surface area contributed by atoms with Crippen molar-refractivity contribution in [2.24, 2.45) is 13.0 Å². The van der Waals surface area contributed by atoms with Gasteiger partial charge in [-0.1, -0.05) is 12.1 Å². The van der Waals surface area contributed by atoms with Crippen LogP contribution in [0.15, 0.2) is 47.1 Å². The van der Waals surface area contributed by atoms with E-state index in [0.29, 0.717) is 78.8 Å². The molecule has 262 valence electrons. The molecule has 0 spiro atoms. The van der Waals surface area contributed by atoms with Gasteiger partial charge in [-0.25, -0.2) is 9.97 Å². The predicted molar refractivity (Wildman–Crippen MR) is 190 cm³/mol. The zero-order valence-corrected chi connectivity index (χ0v) is 29.1. The third-order valence-electron chi connectivity index (χ3n) is 10.1. The molecule has 7 rings (SSSR count). The molecule has 1 amide bonds. The van der Waals surface area contributed by atoms with E-state index in [-0.39, 0.29) is 11.8 Å². The summed E-state index contributed by atoms with van der Waals surface area (Å²) < 4.78 is 8.07. The number of aliphatic hydroxyl groups excluding tert-OH is 1. The number of nitrogens with zero attached hydrogens (tertiary/aromatic N) is 7. The van der Waals surface area contributed by atoms with Gasteiger partial charge in [0.25, 0.3) is 5.91 Å². The molecule has 0 bridgehead atoms. The molecule has 1 unspecified atom stereocenters. The largest absolute Gasteiger partial charge is 0.481 e. The molecule has 3 aromatic heterocycles. The Kier molecular flexibility index (Phi) is 9.15. The number of hydrogen-bond acceptors (Lipinski definition) is 10. The number of carbonyl (C=O) groups excluding carboxylic acids is 1. The number of imidazole rings is 1. The Morgan fingerprint density at radius 1 is 1.10 bits per heavy atom. The number of nitrogens with one attached hydrogen (secondary N) is 1. The number of aliphatic hydroxyl groups is 1. The summed E-state index contributed by atoms with van der Waals surface area (Å²) in [6, 6.07) is 11.6. The van der Waals surface area contributed by atoms with Gasteiger partial charge in [0.05, 0.1) is 28.8 Å². The number of pyridine rings is 1. The fourth-order valence-corrected chi connectivity index (χ4v) is 7.38. The first-order valence-electron chi connectivity index (χ1n) is 17.1. The highest BCUT2D eigenvalue weighted by Gasteiger charge is 2.29. The van der Waals surface area contributed by atoms with E-state index in [9.17, 15) is 25.1 Å². The first-order valence-corrected chi connectivity index (χ1v) is 17.1. The normalized spacial score (nSPS) is 17.0. The molecule has 0 saturated carbocycles. The van der Waals surface area contributed by atoms with Crippen LogP contribution < -0.4 is 5.32 Å². The van der Waals surface area contributed by atoms with E-state index in [0.717, 1.165) is 52.2 Å². The zero-order valence-electron chi connectivity index (χ0n) is 29.1. The highest BCUT2D eigenvalue weighted by atomic mass is 16.4. The minimum Gasteiger partial charge on any atom is -0.481 e. The summed E-state index contributed by atoms with van der Waals surface area (Å²) in [4.78, 5) is 43.3. The van der Waals surface area contributed by atoms with E-state index >= 15 is 0 Å². The van der Waals surface area contributed by atoms with Crippen LogP contribution in [0.25, 0.3) is 33.7 Å². The minimum atomic E-state index is -0.783. The van der Waals surface area contributed by atoms with Crippen LogP contribution in [-0.2, 0) is 31.4 Å². The molecule has 13 heteroatoms. The van der Waals surface area contributed by atoms with Gasteiger partial charge in [0.15, 0.2) is 11.4 Å². The third kappa shape index (κ3) is 6.61. The third-order valence-corrected chi connectivity index (χ3v) is 10.1. The lowest BCUT2D eigenvalue weighted by molar-refractivity contribution is -0.141. The van der Waals surface area contributed by atoms with Gasteiger partial charge in [-0.05, 0) is 74.2 Å². The van der Waals surface area contributed by atoms with Crippen molar-refractivity contribution >= 4 is 28.7 Å².